The maximum absolute atomic E-state index is 10.5. The third-order valence-corrected chi connectivity index (χ3v) is 2.41. The van der Waals surface area contributed by atoms with Crippen LogP contribution < -0.4 is 10.1 Å². The van der Waals surface area contributed by atoms with Gasteiger partial charge in [-0.15, -0.1) is 5.10 Å². The number of nitrogens with one attached hydrogen (secondary N) is 2. The van der Waals surface area contributed by atoms with Crippen LogP contribution >= 0.6 is 0 Å². The van der Waals surface area contributed by atoms with E-state index in [2.05, 4.69) is 15.5 Å². The van der Waals surface area contributed by atoms with Crippen LogP contribution in [-0.2, 0) is 0 Å². The molecule has 0 bridgehead atoms. The monoisotopic (exact) mass is 212 g/mol. The average molecular weight is 212 g/mol. The smallest absolute Gasteiger partial charge is 0.385 e. The van der Waals surface area contributed by atoms with E-state index in [1.54, 1.807) is 0 Å². The molecule has 0 radical (unpaired) electrons. The van der Waals surface area contributed by atoms with Crippen molar-refractivity contribution in [2.75, 3.05) is 19.7 Å². The number of ether oxygens (including phenoxy) is 1. The zero-order valence-corrected chi connectivity index (χ0v) is 8.10. The lowest BCUT2D eigenvalue weighted by Crippen LogP contribution is -2.15. The summed E-state index contributed by atoms with van der Waals surface area (Å²) in [6, 6.07) is 0. The van der Waals surface area contributed by atoms with Crippen molar-refractivity contribution in [1.82, 2.24) is 15.5 Å². The minimum absolute atomic E-state index is 0.180. The lowest BCUT2D eigenvalue weighted by Gasteiger charge is -2.08. The Balaban J connectivity index is 1.92. The molecule has 0 aromatic carbocycles. The van der Waals surface area contributed by atoms with Gasteiger partial charge in [-0.2, -0.15) is 0 Å². The highest BCUT2D eigenvalue weighted by molar-refractivity contribution is 5.36. The van der Waals surface area contributed by atoms with Gasteiger partial charge in [-0.3, -0.25) is 0 Å². The fourth-order valence-corrected chi connectivity index (χ4v) is 1.57. The molecule has 1 aliphatic rings. The molecular formula is C8H12N4O3. The summed E-state index contributed by atoms with van der Waals surface area (Å²) in [6.07, 6.45) is 2.38. The summed E-state index contributed by atoms with van der Waals surface area (Å²) < 4.78 is 5.35. The third-order valence-electron chi connectivity index (χ3n) is 2.41. The molecule has 0 aliphatic carbocycles. The van der Waals surface area contributed by atoms with E-state index in [1.165, 1.54) is 6.20 Å². The van der Waals surface area contributed by atoms with Gasteiger partial charge < -0.3 is 20.2 Å². The lowest BCUT2D eigenvalue weighted by molar-refractivity contribution is -0.390. The standard InChI is InChI=1S/C8H12N4O3/c13-12(14)8-7(4-10-11-8)15-5-6-1-2-9-3-6/h4,6,9H,1-3,5H2,(H,10,11). The Morgan fingerprint density at radius 2 is 2.60 bits per heavy atom. The van der Waals surface area contributed by atoms with Crippen LogP contribution in [0.1, 0.15) is 6.42 Å². The molecule has 1 aliphatic heterocycles. The van der Waals surface area contributed by atoms with Crippen LogP contribution in [0.15, 0.2) is 6.20 Å². The Morgan fingerprint density at radius 1 is 1.73 bits per heavy atom. The number of nitro groups is 1. The van der Waals surface area contributed by atoms with Gasteiger partial charge in [-0.05, 0) is 17.9 Å². The number of H-pyrrole nitrogens is 1. The SMILES string of the molecule is O=[N+]([O-])c1[nH]ncc1OCC1CCNC1. The van der Waals surface area contributed by atoms with Gasteiger partial charge in [-0.1, -0.05) is 5.10 Å². The van der Waals surface area contributed by atoms with Gasteiger partial charge in [0.05, 0.1) is 6.61 Å². The van der Waals surface area contributed by atoms with Crippen molar-refractivity contribution < 1.29 is 9.66 Å². The zero-order valence-electron chi connectivity index (χ0n) is 8.10. The number of hydrogen-bond donors (Lipinski definition) is 2. The van der Waals surface area contributed by atoms with Crippen LogP contribution in [0.25, 0.3) is 0 Å². The molecule has 2 N–H and O–H groups in total. The summed E-state index contributed by atoms with van der Waals surface area (Å²) in [7, 11) is 0. The Hall–Kier alpha value is -1.63. The van der Waals surface area contributed by atoms with Crippen LogP contribution in [0.4, 0.5) is 5.82 Å². The van der Waals surface area contributed by atoms with E-state index in [9.17, 15) is 10.1 Å². The minimum Gasteiger partial charge on any atom is -0.484 e. The molecule has 0 saturated carbocycles. The highest BCUT2D eigenvalue weighted by Gasteiger charge is 2.20. The van der Waals surface area contributed by atoms with Gasteiger partial charge in [0.15, 0.2) is 0 Å². The van der Waals surface area contributed by atoms with Gasteiger partial charge in [0.2, 0.25) is 5.75 Å². The summed E-state index contributed by atoms with van der Waals surface area (Å²) >= 11 is 0. The number of hydrogen-bond acceptors (Lipinski definition) is 5. The van der Waals surface area contributed by atoms with Crippen LogP contribution in [0.5, 0.6) is 5.75 Å². The fourth-order valence-electron chi connectivity index (χ4n) is 1.57. The quantitative estimate of drug-likeness (QED) is 0.553. The van der Waals surface area contributed by atoms with Crippen LogP contribution in [0.3, 0.4) is 0 Å². The van der Waals surface area contributed by atoms with Crippen LogP contribution in [-0.4, -0.2) is 34.8 Å². The van der Waals surface area contributed by atoms with E-state index in [-0.39, 0.29) is 11.6 Å². The summed E-state index contributed by atoms with van der Waals surface area (Å²) in [5.74, 6) is 0.465. The Morgan fingerprint density at radius 3 is 3.27 bits per heavy atom. The van der Waals surface area contributed by atoms with E-state index >= 15 is 0 Å². The molecule has 7 nitrogen and oxygen atoms in total. The molecule has 1 unspecified atom stereocenters. The van der Waals surface area contributed by atoms with Gasteiger partial charge >= 0.3 is 5.82 Å². The Kier molecular flexibility index (Phi) is 2.82. The second kappa shape index (κ2) is 4.26. The van der Waals surface area contributed by atoms with Gasteiger partial charge in [0.25, 0.3) is 0 Å². The van der Waals surface area contributed by atoms with Crippen molar-refractivity contribution in [3.05, 3.63) is 16.3 Å². The maximum atomic E-state index is 10.5. The molecule has 1 aromatic rings. The van der Waals surface area contributed by atoms with E-state index in [1.807, 2.05) is 0 Å². The lowest BCUT2D eigenvalue weighted by atomic mass is 10.1. The maximum Gasteiger partial charge on any atom is 0.385 e. The van der Waals surface area contributed by atoms with Gasteiger partial charge in [0, 0.05) is 12.5 Å². The van der Waals surface area contributed by atoms with Gasteiger partial charge in [-0.25, -0.2) is 0 Å². The van der Waals surface area contributed by atoms with Crippen molar-refractivity contribution >= 4 is 5.82 Å². The van der Waals surface area contributed by atoms with Crippen LogP contribution in [0.2, 0.25) is 0 Å². The van der Waals surface area contributed by atoms with E-state index in [4.69, 9.17) is 4.74 Å². The van der Waals surface area contributed by atoms with E-state index < -0.39 is 4.92 Å². The fraction of sp³-hybridized carbons (Fsp3) is 0.625. The van der Waals surface area contributed by atoms with Crippen LogP contribution in [0, 0.1) is 16.0 Å². The largest absolute Gasteiger partial charge is 0.484 e. The van der Waals surface area contributed by atoms with E-state index in [0.717, 1.165) is 19.5 Å². The highest BCUT2D eigenvalue weighted by Crippen LogP contribution is 2.23. The zero-order chi connectivity index (χ0) is 10.7. The third kappa shape index (κ3) is 2.24. The minimum atomic E-state index is -0.533. The molecule has 7 heteroatoms. The molecular weight excluding hydrogens is 200 g/mol. The van der Waals surface area contributed by atoms with Gasteiger partial charge in [0.1, 0.15) is 6.20 Å². The second-order valence-corrected chi connectivity index (χ2v) is 3.51. The topological polar surface area (TPSA) is 93.1 Å². The average Bonchev–Trinajstić information content (AvgIpc) is 2.86. The number of aromatic amines is 1. The number of aromatic nitrogens is 2. The molecule has 15 heavy (non-hydrogen) atoms. The molecule has 2 heterocycles. The molecule has 82 valence electrons. The van der Waals surface area contributed by atoms with Crippen molar-refractivity contribution in [2.45, 2.75) is 6.42 Å². The van der Waals surface area contributed by atoms with E-state index in [0.29, 0.717) is 12.5 Å². The van der Waals surface area contributed by atoms with Crippen molar-refractivity contribution in [1.29, 1.82) is 0 Å². The normalized spacial score (nSPS) is 20.4. The number of nitrogens with zero attached hydrogens (tertiary/aromatic N) is 2. The van der Waals surface area contributed by atoms with Crippen molar-refractivity contribution in [3.8, 4) is 5.75 Å². The molecule has 2 rings (SSSR count). The summed E-state index contributed by atoms with van der Waals surface area (Å²) in [6.45, 7) is 2.39. The predicted octanol–water partition coefficient (Wildman–Crippen LogP) is 0.306. The molecule has 0 spiro atoms. The number of rotatable bonds is 4. The first-order chi connectivity index (χ1) is 7.27. The second-order valence-electron chi connectivity index (χ2n) is 3.51. The summed E-state index contributed by atoms with van der Waals surface area (Å²) in [5, 5.41) is 19.6. The molecule has 0 amide bonds. The summed E-state index contributed by atoms with van der Waals surface area (Å²) in [4.78, 5) is 9.99. The highest BCUT2D eigenvalue weighted by atomic mass is 16.6. The predicted molar refractivity (Wildman–Crippen MR) is 51.7 cm³/mol. The Bertz CT molecular complexity index is 345. The first-order valence-corrected chi connectivity index (χ1v) is 4.78. The molecule has 1 fully saturated rings. The molecule has 1 aromatic heterocycles. The Labute approximate surface area is 86.0 Å². The first kappa shape index (κ1) is 9.91. The molecule has 1 saturated heterocycles. The molecule has 1 atom stereocenters. The van der Waals surface area contributed by atoms with Crippen molar-refractivity contribution in [3.63, 3.8) is 0 Å². The summed E-state index contributed by atoms with van der Waals surface area (Å²) in [5.41, 5.74) is 0. The first-order valence-electron chi connectivity index (χ1n) is 4.78. The van der Waals surface area contributed by atoms with Crippen molar-refractivity contribution in [2.24, 2.45) is 5.92 Å².